The number of halogens is 1. The van der Waals surface area contributed by atoms with Gasteiger partial charge in [-0.25, -0.2) is 0 Å². The lowest BCUT2D eigenvalue weighted by Gasteiger charge is -2.21. The second kappa shape index (κ2) is 8.50. The van der Waals surface area contributed by atoms with Crippen molar-refractivity contribution in [2.75, 3.05) is 6.61 Å². The average molecular weight is 373 g/mol. The Morgan fingerprint density at radius 2 is 1.77 bits per heavy atom. The first-order chi connectivity index (χ1) is 12.2. The predicted octanol–water partition coefficient (Wildman–Crippen LogP) is 5.24. The van der Waals surface area contributed by atoms with Gasteiger partial charge in [0.15, 0.2) is 5.78 Å². The van der Waals surface area contributed by atoms with Crippen LogP contribution in [0.1, 0.15) is 49.2 Å². The van der Waals surface area contributed by atoms with Crippen molar-refractivity contribution in [1.29, 1.82) is 0 Å². The van der Waals surface area contributed by atoms with Crippen LogP contribution in [0.5, 0.6) is 0 Å². The molecule has 0 N–H and O–H groups in total. The highest BCUT2D eigenvalue weighted by molar-refractivity contribution is 6.31. The summed E-state index contributed by atoms with van der Waals surface area (Å²) in [7, 11) is 0. The Morgan fingerprint density at radius 3 is 2.38 bits per heavy atom. The fourth-order valence-electron chi connectivity index (χ4n) is 2.77. The van der Waals surface area contributed by atoms with E-state index in [4.69, 9.17) is 16.3 Å². The summed E-state index contributed by atoms with van der Waals surface area (Å²) in [6.45, 7) is 8.36. The molecule has 0 saturated carbocycles. The zero-order chi connectivity index (χ0) is 19.3. The van der Waals surface area contributed by atoms with Gasteiger partial charge in [-0.15, -0.1) is 0 Å². The second-order valence-electron chi connectivity index (χ2n) is 7.33. The van der Waals surface area contributed by atoms with E-state index in [0.29, 0.717) is 17.0 Å². The van der Waals surface area contributed by atoms with Gasteiger partial charge in [0.25, 0.3) is 0 Å². The normalized spacial score (nSPS) is 12.5. The molecule has 0 radical (unpaired) electrons. The molecule has 2 rings (SSSR count). The number of ketones is 1. The lowest BCUT2D eigenvalue weighted by Crippen LogP contribution is -2.28. The zero-order valence-corrected chi connectivity index (χ0v) is 16.5. The monoisotopic (exact) mass is 372 g/mol. The summed E-state index contributed by atoms with van der Waals surface area (Å²) in [6.07, 6.45) is 0.300. The molecule has 3 nitrogen and oxygen atoms in total. The molecule has 0 aromatic heterocycles. The second-order valence-corrected chi connectivity index (χ2v) is 7.77. The molecular formula is C22H25ClO3. The van der Waals surface area contributed by atoms with E-state index in [2.05, 4.69) is 32.9 Å². The molecule has 138 valence electrons. The number of carbonyl (C=O) groups excluding carboxylic acids is 2. The molecule has 2 aromatic carbocycles. The Hall–Kier alpha value is -2.13. The molecular weight excluding hydrogens is 348 g/mol. The van der Waals surface area contributed by atoms with Crippen molar-refractivity contribution < 1.29 is 14.3 Å². The van der Waals surface area contributed by atoms with E-state index in [1.165, 1.54) is 0 Å². The van der Waals surface area contributed by atoms with Gasteiger partial charge in [0.2, 0.25) is 0 Å². The van der Waals surface area contributed by atoms with Gasteiger partial charge in [-0.1, -0.05) is 68.8 Å². The number of hydrogen-bond donors (Lipinski definition) is 0. The van der Waals surface area contributed by atoms with Gasteiger partial charge < -0.3 is 4.74 Å². The van der Waals surface area contributed by atoms with E-state index in [0.717, 1.165) is 11.1 Å². The van der Waals surface area contributed by atoms with E-state index >= 15 is 0 Å². The lowest BCUT2D eigenvalue weighted by atomic mass is 9.84. The van der Waals surface area contributed by atoms with Crippen LogP contribution in [0.15, 0.2) is 48.5 Å². The third-order valence-electron chi connectivity index (χ3n) is 4.23. The van der Waals surface area contributed by atoms with Crippen LogP contribution in [0, 0.1) is 5.92 Å². The molecule has 0 aliphatic carbocycles. The highest BCUT2D eigenvalue weighted by atomic mass is 35.5. The fraction of sp³-hybridized carbons (Fsp3) is 0.364. The Kier molecular flexibility index (Phi) is 6.60. The SMILES string of the molecule is CCOC(=O)C(Cc1cccc(C(C)(C)C)c1)C(=O)c1cccc(Cl)c1. The van der Waals surface area contributed by atoms with Gasteiger partial charge >= 0.3 is 5.97 Å². The van der Waals surface area contributed by atoms with Crippen LogP contribution in [-0.2, 0) is 21.4 Å². The molecule has 0 heterocycles. The summed E-state index contributed by atoms with van der Waals surface area (Å²) in [4.78, 5) is 25.4. The maximum absolute atomic E-state index is 12.9. The summed E-state index contributed by atoms with van der Waals surface area (Å²) < 4.78 is 5.15. The van der Waals surface area contributed by atoms with Crippen molar-refractivity contribution in [2.45, 2.75) is 39.5 Å². The largest absolute Gasteiger partial charge is 0.465 e. The van der Waals surface area contributed by atoms with Crippen molar-refractivity contribution in [1.82, 2.24) is 0 Å². The molecule has 26 heavy (non-hydrogen) atoms. The highest BCUT2D eigenvalue weighted by Gasteiger charge is 2.29. The molecule has 1 unspecified atom stereocenters. The summed E-state index contributed by atoms with van der Waals surface area (Å²) in [5.74, 6) is -1.66. The summed E-state index contributed by atoms with van der Waals surface area (Å²) in [5.41, 5.74) is 2.51. The average Bonchev–Trinajstić information content (AvgIpc) is 2.59. The Morgan fingerprint density at radius 1 is 1.08 bits per heavy atom. The Labute approximate surface area is 160 Å². The van der Waals surface area contributed by atoms with Crippen molar-refractivity contribution in [3.8, 4) is 0 Å². The summed E-state index contributed by atoms with van der Waals surface area (Å²) in [5, 5.41) is 0.466. The van der Waals surface area contributed by atoms with Crippen LogP contribution in [0.3, 0.4) is 0 Å². The van der Waals surface area contributed by atoms with E-state index in [1.54, 1.807) is 31.2 Å². The van der Waals surface area contributed by atoms with Crippen molar-refractivity contribution in [3.05, 3.63) is 70.2 Å². The van der Waals surface area contributed by atoms with Gasteiger partial charge in [-0.3, -0.25) is 9.59 Å². The number of rotatable bonds is 6. The molecule has 0 spiro atoms. The minimum atomic E-state index is -0.886. The van der Waals surface area contributed by atoms with Crippen LogP contribution in [0.25, 0.3) is 0 Å². The number of esters is 1. The van der Waals surface area contributed by atoms with E-state index in [-0.39, 0.29) is 17.8 Å². The summed E-state index contributed by atoms with van der Waals surface area (Å²) in [6, 6.07) is 14.7. The van der Waals surface area contributed by atoms with Gasteiger partial charge in [0.05, 0.1) is 6.61 Å². The quantitative estimate of drug-likeness (QED) is 0.395. The first-order valence-electron chi connectivity index (χ1n) is 8.78. The third kappa shape index (κ3) is 5.18. The third-order valence-corrected chi connectivity index (χ3v) is 4.46. The van der Waals surface area contributed by atoms with Crippen LogP contribution in [0.2, 0.25) is 5.02 Å². The fourth-order valence-corrected chi connectivity index (χ4v) is 2.96. The molecule has 2 aromatic rings. The molecule has 0 aliphatic heterocycles. The molecule has 0 bridgehead atoms. The molecule has 0 aliphatic rings. The smallest absolute Gasteiger partial charge is 0.317 e. The Bertz CT molecular complexity index is 790. The molecule has 1 atom stereocenters. The van der Waals surface area contributed by atoms with Crippen molar-refractivity contribution in [2.24, 2.45) is 5.92 Å². The minimum absolute atomic E-state index is 0.00754. The predicted molar refractivity (Wildman–Crippen MR) is 105 cm³/mol. The van der Waals surface area contributed by atoms with Crippen LogP contribution in [-0.4, -0.2) is 18.4 Å². The number of carbonyl (C=O) groups is 2. The maximum Gasteiger partial charge on any atom is 0.317 e. The molecule has 0 fully saturated rings. The van der Waals surface area contributed by atoms with Gasteiger partial charge in [-0.2, -0.15) is 0 Å². The van der Waals surface area contributed by atoms with Crippen molar-refractivity contribution >= 4 is 23.4 Å². The van der Waals surface area contributed by atoms with Crippen LogP contribution in [0.4, 0.5) is 0 Å². The van der Waals surface area contributed by atoms with E-state index < -0.39 is 11.9 Å². The Balaban J connectivity index is 2.34. The number of ether oxygens (including phenoxy) is 1. The number of benzene rings is 2. The number of hydrogen-bond acceptors (Lipinski definition) is 3. The van der Waals surface area contributed by atoms with Crippen LogP contribution >= 0.6 is 11.6 Å². The van der Waals surface area contributed by atoms with Crippen LogP contribution < -0.4 is 0 Å². The van der Waals surface area contributed by atoms with E-state index in [1.807, 2.05) is 12.1 Å². The molecule has 0 saturated heterocycles. The standard InChI is InChI=1S/C22H25ClO3/c1-5-26-21(25)19(20(24)16-9-7-11-18(23)14-16)13-15-8-6-10-17(12-15)22(2,3)4/h6-12,14,19H,5,13H2,1-4H3. The van der Waals surface area contributed by atoms with Gasteiger partial charge in [-0.05, 0) is 42.0 Å². The highest BCUT2D eigenvalue weighted by Crippen LogP contribution is 2.25. The lowest BCUT2D eigenvalue weighted by molar-refractivity contribution is -0.146. The van der Waals surface area contributed by atoms with Gasteiger partial charge in [0.1, 0.15) is 5.92 Å². The first-order valence-corrected chi connectivity index (χ1v) is 9.16. The maximum atomic E-state index is 12.9. The zero-order valence-electron chi connectivity index (χ0n) is 15.7. The van der Waals surface area contributed by atoms with E-state index in [9.17, 15) is 9.59 Å². The number of Topliss-reactive ketones (excluding diaryl/α,β-unsaturated/α-hetero) is 1. The first kappa shape index (κ1) is 20.2. The van der Waals surface area contributed by atoms with Gasteiger partial charge in [0, 0.05) is 10.6 Å². The van der Waals surface area contributed by atoms with Crippen molar-refractivity contribution in [3.63, 3.8) is 0 Å². The molecule has 0 amide bonds. The minimum Gasteiger partial charge on any atom is -0.465 e. The topological polar surface area (TPSA) is 43.4 Å². The summed E-state index contributed by atoms with van der Waals surface area (Å²) >= 11 is 6.00. The molecule has 4 heteroatoms.